The van der Waals surface area contributed by atoms with Crippen molar-refractivity contribution in [2.75, 3.05) is 13.4 Å². The van der Waals surface area contributed by atoms with Gasteiger partial charge in [0.15, 0.2) is 11.6 Å². The zero-order chi connectivity index (χ0) is 38.4. The van der Waals surface area contributed by atoms with Crippen molar-refractivity contribution in [2.24, 2.45) is 0 Å². The zero-order valence-electron chi connectivity index (χ0n) is 30.0. The van der Waals surface area contributed by atoms with Crippen LogP contribution in [-0.2, 0) is 10.1 Å². The molecule has 6 aromatic rings. The number of ether oxygens (including phenoxy) is 4. The first kappa shape index (κ1) is 39.6. The minimum Gasteiger partial charge on any atom is -0.497 e. The first-order valence-electron chi connectivity index (χ1n) is 16.3. The predicted octanol–water partition coefficient (Wildman–Crippen LogP) is 10.3. The molecule has 0 aliphatic carbocycles. The van der Waals surface area contributed by atoms with Gasteiger partial charge in [0.25, 0.3) is 10.1 Å². The highest BCUT2D eigenvalue weighted by molar-refractivity contribution is 7.85. The summed E-state index contributed by atoms with van der Waals surface area (Å²) in [6, 6.07) is 44.5. The summed E-state index contributed by atoms with van der Waals surface area (Å²) in [4.78, 5) is 23.7. The van der Waals surface area contributed by atoms with Gasteiger partial charge in [0.05, 0.1) is 13.4 Å². The first-order chi connectivity index (χ1) is 25.2. The highest BCUT2D eigenvalue weighted by atomic mass is 32.2. The molecule has 0 amide bonds. The quantitative estimate of drug-likeness (QED) is 0.108. The Kier molecular flexibility index (Phi) is 14.1. The minimum absolute atomic E-state index is 0.00555. The number of rotatable bonds is 10. The van der Waals surface area contributed by atoms with Crippen LogP contribution in [0.1, 0.15) is 44.3 Å². The average Bonchev–Trinajstić information content (AvgIpc) is 3.14. The maximum Gasteiger partial charge on any atom is 0.261 e. The molecule has 0 saturated heterocycles. The Hall–Kier alpha value is -6.23. The van der Waals surface area contributed by atoms with Crippen LogP contribution in [0.2, 0.25) is 0 Å². The summed E-state index contributed by atoms with van der Waals surface area (Å²) in [5, 5.41) is 0. The van der Waals surface area contributed by atoms with E-state index in [4.69, 9.17) is 23.5 Å². The maximum atomic E-state index is 12.4. The molecule has 0 aliphatic rings. The van der Waals surface area contributed by atoms with Crippen LogP contribution in [0.25, 0.3) is 0 Å². The Morgan fingerprint density at radius 1 is 0.453 bits per heavy atom. The summed E-state index contributed by atoms with van der Waals surface area (Å²) in [6.07, 6.45) is 0.715. The van der Waals surface area contributed by atoms with Gasteiger partial charge in [-0.2, -0.15) is 8.42 Å². The lowest BCUT2D eigenvalue weighted by Crippen LogP contribution is -2.00. The lowest BCUT2D eigenvalue weighted by molar-refractivity contribution is 0.101. The van der Waals surface area contributed by atoms with Crippen LogP contribution in [0.3, 0.4) is 0 Å². The summed E-state index contributed by atoms with van der Waals surface area (Å²) >= 11 is 0. The van der Waals surface area contributed by atoms with Crippen LogP contribution < -0.4 is 18.9 Å². The molecule has 0 fully saturated rings. The van der Waals surface area contributed by atoms with Gasteiger partial charge < -0.3 is 18.9 Å². The molecule has 0 aromatic heterocycles. The van der Waals surface area contributed by atoms with E-state index in [-0.39, 0.29) is 11.6 Å². The van der Waals surface area contributed by atoms with E-state index in [0.717, 1.165) is 22.8 Å². The molecule has 0 saturated carbocycles. The highest BCUT2D eigenvalue weighted by Gasteiger charge is 2.09. The Morgan fingerprint density at radius 3 is 0.981 bits per heavy atom. The van der Waals surface area contributed by atoms with Crippen LogP contribution in [0.15, 0.2) is 146 Å². The van der Waals surface area contributed by atoms with E-state index in [1.54, 1.807) is 62.6 Å². The van der Waals surface area contributed by atoms with E-state index in [1.165, 1.54) is 5.56 Å². The van der Waals surface area contributed by atoms with Crippen LogP contribution in [0.5, 0.6) is 40.2 Å². The molecule has 9 nitrogen and oxygen atoms in total. The van der Waals surface area contributed by atoms with Crippen molar-refractivity contribution in [2.45, 2.75) is 20.8 Å². The number of ketones is 2. The summed E-state index contributed by atoms with van der Waals surface area (Å²) in [7, 11) is -2.04. The van der Waals surface area contributed by atoms with Gasteiger partial charge >= 0.3 is 0 Å². The van der Waals surface area contributed by atoms with Crippen molar-refractivity contribution >= 4 is 21.7 Å². The Bertz CT molecular complexity index is 2170. The lowest BCUT2D eigenvalue weighted by Gasteiger charge is -2.09. The van der Waals surface area contributed by atoms with Gasteiger partial charge in [-0.3, -0.25) is 14.1 Å². The van der Waals surface area contributed by atoms with E-state index in [1.807, 2.05) is 111 Å². The van der Waals surface area contributed by atoms with Crippen molar-refractivity contribution in [3.8, 4) is 40.2 Å². The second kappa shape index (κ2) is 18.8. The topological polar surface area (TPSA) is 125 Å². The second-order valence-electron chi connectivity index (χ2n) is 11.8. The van der Waals surface area contributed by atoms with Gasteiger partial charge in [0.1, 0.15) is 40.2 Å². The fourth-order valence-corrected chi connectivity index (χ4v) is 4.54. The smallest absolute Gasteiger partial charge is 0.261 e. The number of Topliss-reactive ketones (excluding diaryl/α,β-unsaturated/α-hetero) is 1. The Labute approximate surface area is 310 Å². The van der Waals surface area contributed by atoms with Gasteiger partial charge in [0.2, 0.25) is 0 Å². The SMILES string of the molecule is CC(=O)c1ccc(Oc2ccc(Oc3ccc(C)cc3)cc2)cc1.COc1ccc(Oc2ccc(C(=O)c3ccc(C)cc3)cc2)cc1.CS(=O)(=O)O. The molecule has 10 heteroatoms. The molecule has 1 N–H and O–H groups in total. The second-order valence-corrected chi connectivity index (χ2v) is 13.3. The van der Waals surface area contributed by atoms with Crippen molar-refractivity contribution < 1.29 is 41.5 Å². The van der Waals surface area contributed by atoms with E-state index in [9.17, 15) is 18.0 Å². The number of methoxy groups -OCH3 is 1. The summed E-state index contributed by atoms with van der Waals surface area (Å²) < 4.78 is 48.3. The molecule has 0 atom stereocenters. The number of carbonyl (C=O) groups excluding carboxylic acids is 2. The minimum atomic E-state index is -3.67. The van der Waals surface area contributed by atoms with Crippen molar-refractivity contribution in [3.05, 3.63) is 173 Å². The first-order valence-corrected chi connectivity index (χ1v) is 18.2. The molecule has 6 aromatic carbocycles. The van der Waals surface area contributed by atoms with Crippen molar-refractivity contribution in [3.63, 3.8) is 0 Å². The van der Waals surface area contributed by atoms with Crippen LogP contribution in [-0.4, -0.2) is 37.9 Å². The lowest BCUT2D eigenvalue weighted by atomic mass is 10.0. The van der Waals surface area contributed by atoms with Crippen molar-refractivity contribution in [1.82, 2.24) is 0 Å². The van der Waals surface area contributed by atoms with E-state index < -0.39 is 10.1 Å². The number of aryl methyl sites for hydroxylation is 2. The van der Waals surface area contributed by atoms with Gasteiger partial charge in [-0.1, -0.05) is 47.5 Å². The van der Waals surface area contributed by atoms with Crippen LogP contribution >= 0.6 is 0 Å². The predicted molar refractivity (Wildman–Crippen MR) is 206 cm³/mol. The van der Waals surface area contributed by atoms with Crippen LogP contribution in [0, 0.1) is 13.8 Å². The van der Waals surface area contributed by atoms with Gasteiger partial charge in [0, 0.05) is 16.7 Å². The average molecular weight is 733 g/mol. The molecule has 0 bridgehead atoms. The van der Waals surface area contributed by atoms with E-state index in [0.29, 0.717) is 45.9 Å². The normalized spacial score (nSPS) is 10.4. The fourth-order valence-electron chi connectivity index (χ4n) is 4.54. The molecule has 0 spiro atoms. The Balaban J connectivity index is 0.000000210. The monoisotopic (exact) mass is 732 g/mol. The summed E-state index contributed by atoms with van der Waals surface area (Å²) in [6.45, 7) is 5.58. The summed E-state index contributed by atoms with van der Waals surface area (Å²) in [5.74, 6) is 5.17. The standard InChI is InChI=1S/2C21H18O3.CH4O3S/c1-15-3-7-18(8-4-15)23-20-11-13-21(14-12-20)24-19-9-5-17(6-10-19)16(2)22;1-15-3-5-16(6-4-15)21(22)17-7-9-19(10-8-17)24-20-13-11-18(23-2)12-14-20;1-5(2,3)4/h2*3-14H,1-2H3;1H3,(H,2,3,4). The third-order valence-electron chi connectivity index (χ3n) is 7.30. The molecule has 0 unspecified atom stereocenters. The Morgan fingerprint density at radius 2 is 0.679 bits per heavy atom. The van der Waals surface area contributed by atoms with Gasteiger partial charge in [-0.05, 0) is 130 Å². The summed E-state index contributed by atoms with van der Waals surface area (Å²) in [5.41, 5.74) is 4.33. The molecule has 53 heavy (non-hydrogen) atoms. The largest absolute Gasteiger partial charge is 0.497 e. The molecule has 272 valence electrons. The molecular formula is C43H40O9S. The van der Waals surface area contributed by atoms with Crippen LogP contribution in [0.4, 0.5) is 0 Å². The van der Waals surface area contributed by atoms with Gasteiger partial charge in [-0.25, -0.2) is 0 Å². The zero-order valence-corrected chi connectivity index (χ0v) is 30.8. The third-order valence-corrected chi connectivity index (χ3v) is 7.30. The third kappa shape index (κ3) is 13.8. The maximum absolute atomic E-state index is 12.4. The fraction of sp³-hybridized carbons (Fsp3) is 0.116. The number of hydrogen-bond donors (Lipinski definition) is 1. The van der Waals surface area contributed by atoms with Crippen molar-refractivity contribution in [1.29, 1.82) is 0 Å². The van der Waals surface area contributed by atoms with E-state index >= 15 is 0 Å². The highest BCUT2D eigenvalue weighted by Crippen LogP contribution is 2.28. The molecule has 0 aliphatic heterocycles. The van der Waals surface area contributed by atoms with E-state index in [2.05, 4.69) is 0 Å². The molecule has 0 heterocycles. The number of benzene rings is 6. The molecule has 0 radical (unpaired) electrons. The molecular weight excluding hydrogens is 693 g/mol. The number of carbonyl (C=O) groups is 2. The van der Waals surface area contributed by atoms with Gasteiger partial charge in [-0.15, -0.1) is 0 Å². The number of hydrogen-bond acceptors (Lipinski definition) is 8. The molecule has 6 rings (SSSR count).